The normalized spacial score (nSPS) is 14.0. The zero-order chi connectivity index (χ0) is 34.8. The van der Waals surface area contributed by atoms with Gasteiger partial charge in [-0.2, -0.15) is 0 Å². The van der Waals surface area contributed by atoms with Gasteiger partial charge in [0.05, 0.1) is 79.6 Å². The van der Waals surface area contributed by atoms with Crippen molar-refractivity contribution in [2.45, 2.75) is 33.2 Å². The smallest absolute Gasteiger partial charge is 0.417 e. The van der Waals surface area contributed by atoms with E-state index in [9.17, 15) is 19.2 Å². The van der Waals surface area contributed by atoms with Gasteiger partial charge in [0.1, 0.15) is 0 Å². The van der Waals surface area contributed by atoms with Gasteiger partial charge in [0.15, 0.2) is 0 Å². The fraction of sp³-hybridized carbons (Fsp3) is 0.406. The first-order valence-electron chi connectivity index (χ1n) is 14.6. The second-order valence-corrected chi connectivity index (χ2v) is 10.4. The number of nitrogens with zero attached hydrogens (tertiary/aromatic N) is 1. The second kappa shape index (κ2) is 21.0. The Morgan fingerprint density at radius 3 is 2.23 bits per heavy atom. The summed E-state index contributed by atoms with van der Waals surface area (Å²) in [5, 5.41) is 14.8. The van der Waals surface area contributed by atoms with Crippen molar-refractivity contribution in [2.75, 3.05) is 53.3 Å². The number of benzene rings is 1. The van der Waals surface area contributed by atoms with E-state index in [4.69, 9.17) is 47.3 Å². The van der Waals surface area contributed by atoms with Crippen LogP contribution in [0.2, 0.25) is 10.0 Å². The number of pyridine rings is 1. The molecule has 0 bridgehead atoms. The van der Waals surface area contributed by atoms with Gasteiger partial charge in [-0.1, -0.05) is 35.3 Å². The number of carbonyl (C=O) groups excluding carboxylic acids is 3. The van der Waals surface area contributed by atoms with Crippen LogP contribution in [0.15, 0.2) is 65.3 Å². The third-order valence-electron chi connectivity index (χ3n) is 6.41. The van der Waals surface area contributed by atoms with Crippen molar-refractivity contribution in [3.8, 4) is 0 Å². The summed E-state index contributed by atoms with van der Waals surface area (Å²) in [5.74, 6) is -4.83. The fourth-order valence-corrected chi connectivity index (χ4v) is 4.78. The number of allylic oxidation sites excluding steroid dienone is 1. The molecule has 0 amide bonds. The number of esters is 3. The molecule has 0 aliphatic carbocycles. The molecule has 0 fully saturated rings. The van der Waals surface area contributed by atoms with E-state index in [1.54, 1.807) is 51.4 Å². The first kappa shape index (κ1) is 39.2. The highest BCUT2D eigenvalue weighted by Gasteiger charge is 2.40. The predicted octanol–water partition coefficient (Wildman–Crippen LogP) is 3.80. The molecular weight excluding hydrogens is 657 g/mol. The molecule has 15 heteroatoms. The molecule has 2 aromatic rings. The molecule has 0 radical (unpaired) electrons. The third-order valence-corrected chi connectivity index (χ3v) is 7.24. The molecule has 1 aromatic carbocycles. The Hall–Kier alpha value is -4.01. The maximum absolute atomic E-state index is 13.2. The molecule has 47 heavy (non-hydrogen) atoms. The van der Waals surface area contributed by atoms with Crippen LogP contribution in [-0.4, -0.2) is 87.3 Å². The van der Waals surface area contributed by atoms with E-state index in [2.05, 4.69) is 20.4 Å². The monoisotopic (exact) mass is 695 g/mol. The molecule has 1 unspecified atom stereocenters. The predicted molar refractivity (Wildman–Crippen MR) is 173 cm³/mol. The lowest BCUT2D eigenvalue weighted by Crippen LogP contribution is -2.35. The van der Waals surface area contributed by atoms with E-state index in [1.165, 1.54) is 7.11 Å². The number of nitrogens with one attached hydrogen (secondary N) is 2. The number of hydrogen-bond donors (Lipinski definition) is 3. The molecule has 0 saturated heterocycles. The number of aliphatic carboxylic acids is 1. The van der Waals surface area contributed by atoms with E-state index in [0.717, 1.165) is 12.1 Å². The van der Waals surface area contributed by atoms with E-state index in [0.29, 0.717) is 48.3 Å². The minimum absolute atomic E-state index is 0.0538. The second-order valence-electron chi connectivity index (χ2n) is 9.57. The van der Waals surface area contributed by atoms with Gasteiger partial charge >= 0.3 is 23.9 Å². The van der Waals surface area contributed by atoms with Gasteiger partial charge in [-0.25, -0.2) is 19.2 Å². The molecule has 0 saturated carbocycles. The molecular formula is C32H39Cl2N3O10. The van der Waals surface area contributed by atoms with Crippen LogP contribution in [0.5, 0.6) is 0 Å². The van der Waals surface area contributed by atoms with Gasteiger partial charge in [-0.05, 0) is 50.1 Å². The van der Waals surface area contributed by atoms with Crippen molar-refractivity contribution in [2.24, 2.45) is 0 Å². The molecule has 1 aliphatic rings. The van der Waals surface area contributed by atoms with Crippen LogP contribution < -0.4 is 10.6 Å². The topological polar surface area (TPSA) is 172 Å². The number of halogens is 2. The minimum Gasteiger partial charge on any atom is -0.473 e. The van der Waals surface area contributed by atoms with Crippen molar-refractivity contribution in [1.82, 2.24) is 15.6 Å². The van der Waals surface area contributed by atoms with Gasteiger partial charge in [-0.3, -0.25) is 4.98 Å². The van der Waals surface area contributed by atoms with Crippen LogP contribution in [0.4, 0.5) is 0 Å². The Bertz CT molecular complexity index is 1430. The van der Waals surface area contributed by atoms with Crippen LogP contribution >= 0.6 is 23.2 Å². The van der Waals surface area contributed by atoms with Crippen molar-refractivity contribution in [1.29, 1.82) is 0 Å². The quantitative estimate of drug-likeness (QED) is 0.106. The zero-order valence-corrected chi connectivity index (χ0v) is 28.1. The average molecular weight is 697 g/mol. The summed E-state index contributed by atoms with van der Waals surface area (Å²) in [7, 11) is 1.28. The maximum atomic E-state index is 13.2. The summed E-state index contributed by atoms with van der Waals surface area (Å²) in [6.07, 6.45) is 3.52. The summed E-state index contributed by atoms with van der Waals surface area (Å²) in [5.41, 5.74) is 3.03. The van der Waals surface area contributed by atoms with Gasteiger partial charge in [0.25, 0.3) is 0 Å². The molecule has 3 rings (SSSR count). The average Bonchev–Trinajstić information content (AvgIpc) is 3.05. The molecule has 0 spiro atoms. The molecule has 1 aromatic heterocycles. The highest BCUT2D eigenvalue weighted by Crippen LogP contribution is 2.43. The molecule has 2 heterocycles. The lowest BCUT2D eigenvalue weighted by Gasteiger charge is -2.31. The highest BCUT2D eigenvalue weighted by atomic mass is 35.5. The summed E-state index contributed by atoms with van der Waals surface area (Å²) >= 11 is 12.9. The Labute approximate surface area is 283 Å². The highest BCUT2D eigenvalue weighted by molar-refractivity contribution is 6.42. The van der Waals surface area contributed by atoms with E-state index in [-0.39, 0.29) is 36.0 Å². The zero-order valence-electron chi connectivity index (χ0n) is 26.6. The maximum Gasteiger partial charge on any atom is 0.417 e. The first-order chi connectivity index (χ1) is 22.6. The summed E-state index contributed by atoms with van der Waals surface area (Å²) < 4.78 is 26.0. The summed E-state index contributed by atoms with van der Waals surface area (Å²) in [6, 6.07) is 8.97. The Balaban J connectivity index is 0.000000849. The van der Waals surface area contributed by atoms with Gasteiger partial charge in [-0.15, -0.1) is 0 Å². The van der Waals surface area contributed by atoms with Crippen LogP contribution in [-0.2, 0) is 49.4 Å². The third kappa shape index (κ3) is 12.3. The Morgan fingerprint density at radius 2 is 1.62 bits per heavy atom. The molecule has 13 nitrogen and oxygen atoms in total. The van der Waals surface area contributed by atoms with Crippen molar-refractivity contribution in [3.63, 3.8) is 0 Å². The fourth-order valence-electron chi connectivity index (χ4n) is 4.36. The van der Waals surface area contributed by atoms with E-state index < -0.39 is 29.8 Å². The number of hydrogen-bond acceptors (Lipinski definition) is 12. The molecule has 1 aliphatic heterocycles. The number of carboxylic acids is 1. The number of rotatable bonds is 15. The Kier molecular flexibility index (Phi) is 17.5. The van der Waals surface area contributed by atoms with E-state index >= 15 is 0 Å². The first-order valence-corrected chi connectivity index (χ1v) is 15.4. The van der Waals surface area contributed by atoms with Crippen molar-refractivity contribution >= 4 is 47.1 Å². The lowest BCUT2D eigenvalue weighted by atomic mass is 9.80. The SMILES string of the molecule is CCOC(=O)C(=O)O.CCOC(=O)C1=C(COCCOCCNCc2ccncc2)NC(C)=C(C(=O)OC)C1c1cccc(Cl)c1Cl. The van der Waals surface area contributed by atoms with Crippen LogP contribution in [0.3, 0.4) is 0 Å². The van der Waals surface area contributed by atoms with Crippen LogP contribution in [0, 0.1) is 0 Å². The molecule has 3 N–H and O–H groups in total. The lowest BCUT2D eigenvalue weighted by molar-refractivity contribution is -0.163. The minimum atomic E-state index is -1.55. The van der Waals surface area contributed by atoms with E-state index in [1.807, 2.05) is 12.1 Å². The number of methoxy groups -OCH3 is 1. The Morgan fingerprint density at radius 1 is 0.936 bits per heavy atom. The van der Waals surface area contributed by atoms with Crippen molar-refractivity contribution in [3.05, 3.63) is 86.4 Å². The standard InChI is InChI=1S/C28H33Cl2N3O6.C4H6O4/c1-4-39-28(35)25-22(17-38-15-14-37-13-12-32-16-19-8-10-31-11-9-19)33-18(2)23(27(34)36-3)24(25)20-6-5-7-21(29)26(20)30;1-2-8-4(7)3(5)6/h5-11,24,32-33H,4,12-17H2,1-3H3;2H2,1H3,(H,5,6). The molecule has 256 valence electrons. The van der Waals surface area contributed by atoms with Gasteiger partial charge < -0.3 is 39.4 Å². The largest absolute Gasteiger partial charge is 0.473 e. The number of ether oxygens (including phenoxy) is 5. The summed E-state index contributed by atoms with van der Waals surface area (Å²) in [6.45, 7) is 7.87. The van der Waals surface area contributed by atoms with Gasteiger partial charge in [0.2, 0.25) is 0 Å². The van der Waals surface area contributed by atoms with Crippen LogP contribution in [0.25, 0.3) is 0 Å². The number of aromatic nitrogens is 1. The van der Waals surface area contributed by atoms with Crippen molar-refractivity contribution < 1.29 is 48.0 Å². The number of carbonyl (C=O) groups is 4. The van der Waals surface area contributed by atoms with Crippen LogP contribution in [0.1, 0.15) is 37.8 Å². The van der Waals surface area contributed by atoms with Gasteiger partial charge in [0, 0.05) is 31.2 Å². The number of carboxylic acid groups (broad SMARTS) is 1. The number of dihydropyridines is 1. The summed E-state index contributed by atoms with van der Waals surface area (Å²) in [4.78, 5) is 49.6. The molecule has 1 atom stereocenters.